The summed E-state index contributed by atoms with van der Waals surface area (Å²) in [5, 5.41) is 13.7. The van der Waals surface area contributed by atoms with Crippen LogP contribution in [0.4, 0.5) is 24.7 Å². The monoisotopic (exact) mass is 462 g/mol. The molecule has 33 heavy (non-hydrogen) atoms. The predicted molar refractivity (Wildman–Crippen MR) is 124 cm³/mol. The maximum atomic E-state index is 15.2. The summed E-state index contributed by atoms with van der Waals surface area (Å²) in [5.41, 5.74) is -1.83. The highest BCUT2D eigenvalue weighted by molar-refractivity contribution is 5.94. The van der Waals surface area contributed by atoms with E-state index < -0.39 is 28.9 Å². The van der Waals surface area contributed by atoms with Gasteiger partial charge in [-0.15, -0.1) is 0 Å². The molecule has 2 aromatic carbocycles. The Kier molecular flexibility index (Phi) is 6.48. The number of anilines is 2. The summed E-state index contributed by atoms with van der Waals surface area (Å²) in [5.74, 6) is -3.29. The van der Waals surface area contributed by atoms with Gasteiger partial charge in [0, 0.05) is 31.1 Å². The van der Waals surface area contributed by atoms with Crippen molar-refractivity contribution in [3.63, 3.8) is 0 Å². The summed E-state index contributed by atoms with van der Waals surface area (Å²) in [6.45, 7) is 5.29. The van der Waals surface area contributed by atoms with E-state index in [1.807, 2.05) is 25.1 Å². The number of alkyl halides is 2. The van der Waals surface area contributed by atoms with Crippen LogP contribution in [0.2, 0.25) is 0 Å². The van der Waals surface area contributed by atoms with Crippen LogP contribution in [0.1, 0.15) is 43.8 Å². The van der Waals surface area contributed by atoms with Crippen LogP contribution in [0.15, 0.2) is 30.3 Å². The van der Waals surface area contributed by atoms with Crippen molar-refractivity contribution in [1.29, 1.82) is 0 Å². The van der Waals surface area contributed by atoms with Crippen molar-refractivity contribution >= 4 is 22.4 Å². The maximum absolute atomic E-state index is 15.2. The third-order valence-corrected chi connectivity index (χ3v) is 5.54. The molecule has 3 aromatic rings. The quantitative estimate of drug-likeness (QED) is 0.504. The van der Waals surface area contributed by atoms with Gasteiger partial charge in [0.1, 0.15) is 28.8 Å². The molecule has 0 spiro atoms. The summed E-state index contributed by atoms with van der Waals surface area (Å²) in [6.07, 6.45) is 0. The van der Waals surface area contributed by atoms with Crippen molar-refractivity contribution in [2.45, 2.75) is 45.3 Å². The Hall–Kier alpha value is -3.07. The van der Waals surface area contributed by atoms with Crippen LogP contribution >= 0.6 is 0 Å². The topological polar surface area (TPSA) is 70.5 Å². The number of fused-ring (bicyclic) bond motifs is 1. The lowest BCUT2D eigenvalue weighted by Gasteiger charge is -2.30. The van der Waals surface area contributed by atoms with E-state index in [0.29, 0.717) is 28.3 Å². The molecule has 2 N–H and O–H groups in total. The molecule has 3 rings (SSSR count). The third-order valence-electron chi connectivity index (χ3n) is 5.54. The zero-order valence-electron chi connectivity index (χ0n) is 19.8. The first-order chi connectivity index (χ1) is 15.3. The lowest BCUT2D eigenvalue weighted by atomic mass is 9.91. The highest BCUT2D eigenvalue weighted by Crippen LogP contribution is 2.41. The average Bonchev–Trinajstić information content (AvgIpc) is 2.71. The maximum Gasteiger partial charge on any atom is 0.303 e. The van der Waals surface area contributed by atoms with E-state index in [4.69, 9.17) is 4.74 Å². The summed E-state index contributed by atoms with van der Waals surface area (Å²) < 4.78 is 50.1. The van der Waals surface area contributed by atoms with E-state index in [1.54, 1.807) is 27.0 Å². The molecule has 0 aliphatic heterocycles. The normalized spacial score (nSPS) is 13.2. The number of benzene rings is 2. The molecule has 6 nitrogen and oxygen atoms in total. The number of hydrogen-bond donors (Lipinski definition) is 2. The molecule has 0 fully saturated rings. The van der Waals surface area contributed by atoms with Gasteiger partial charge < -0.3 is 20.1 Å². The minimum Gasteiger partial charge on any atom is -0.495 e. The Morgan fingerprint density at radius 3 is 2.39 bits per heavy atom. The summed E-state index contributed by atoms with van der Waals surface area (Å²) >= 11 is 0. The average molecular weight is 463 g/mol. The number of halogens is 3. The molecule has 0 radical (unpaired) electrons. The smallest absolute Gasteiger partial charge is 0.303 e. The Labute approximate surface area is 191 Å². The van der Waals surface area contributed by atoms with Crippen molar-refractivity contribution in [3.8, 4) is 5.75 Å². The molecule has 0 aliphatic carbocycles. The molecule has 1 aromatic heterocycles. The number of nitrogens with zero attached hydrogens (tertiary/aromatic N) is 3. The molecule has 0 unspecified atom stereocenters. The molecule has 0 saturated heterocycles. The van der Waals surface area contributed by atoms with Crippen LogP contribution in [0.25, 0.3) is 10.9 Å². The molecule has 9 heteroatoms. The minimum absolute atomic E-state index is 0.0298. The zero-order valence-corrected chi connectivity index (χ0v) is 19.8. The molecular weight excluding hydrogens is 433 g/mol. The Morgan fingerprint density at radius 2 is 1.82 bits per heavy atom. The number of ether oxygens (including phenoxy) is 1. The van der Waals surface area contributed by atoms with Gasteiger partial charge in [-0.1, -0.05) is 12.1 Å². The van der Waals surface area contributed by atoms with Crippen molar-refractivity contribution in [2.75, 3.05) is 31.4 Å². The standard InChI is InChI=1S/C24H29F3N4O2/c1-13(15-9-8-10-17(21(15)25)24(26,27)23(3,4)32)28-22-16-11-19(31(5)6)20(33-7)12-18(16)29-14(2)30-22/h8-13,32H,1-7H3,(H,28,29,30)/t13-/m1/s1. The molecular formula is C24H29F3N4O2. The van der Waals surface area contributed by atoms with Gasteiger partial charge in [-0.3, -0.25) is 0 Å². The SMILES string of the molecule is COc1cc2nc(C)nc(N[C@H](C)c3cccc(C(F)(F)C(C)(C)O)c3F)c2cc1N(C)C. The number of rotatable bonds is 7. The van der Waals surface area contributed by atoms with Crippen molar-refractivity contribution in [2.24, 2.45) is 0 Å². The first-order valence-corrected chi connectivity index (χ1v) is 10.5. The van der Waals surface area contributed by atoms with Crippen molar-refractivity contribution < 1.29 is 23.0 Å². The van der Waals surface area contributed by atoms with Crippen molar-refractivity contribution in [1.82, 2.24) is 9.97 Å². The fraction of sp³-hybridized carbons (Fsp3) is 0.417. The van der Waals surface area contributed by atoms with E-state index in [9.17, 15) is 13.9 Å². The number of hydrogen-bond acceptors (Lipinski definition) is 6. The zero-order chi connectivity index (χ0) is 24.7. The lowest BCUT2D eigenvalue weighted by Crippen LogP contribution is -2.41. The van der Waals surface area contributed by atoms with Gasteiger partial charge in [0.05, 0.1) is 29.9 Å². The second kappa shape index (κ2) is 8.70. The third kappa shape index (κ3) is 4.55. The highest BCUT2D eigenvalue weighted by atomic mass is 19.3. The molecule has 1 atom stereocenters. The van der Waals surface area contributed by atoms with Crippen LogP contribution in [0.3, 0.4) is 0 Å². The largest absolute Gasteiger partial charge is 0.495 e. The second-order valence-electron chi connectivity index (χ2n) is 8.76. The highest BCUT2D eigenvalue weighted by Gasteiger charge is 2.49. The summed E-state index contributed by atoms with van der Waals surface area (Å²) in [6, 6.07) is 6.72. The van der Waals surface area contributed by atoms with E-state index >= 15 is 4.39 Å². The van der Waals surface area contributed by atoms with Gasteiger partial charge in [-0.05, 0) is 39.8 Å². The molecule has 178 valence electrons. The first kappa shape index (κ1) is 24.6. The fourth-order valence-electron chi connectivity index (χ4n) is 3.62. The van der Waals surface area contributed by atoms with Gasteiger partial charge in [-0.2, -0.15) is 8.78 Å². The van der Waals surface area contributed by atoms with Gasteiger partial charge in [0.2, 0.25) is 0 Å². The fourth-order valence-corrected chi connectivity index (χ4v) is 3.62. The van der Waals surface area contributed by atoms with Crippen LogP contribution < -0.4 is 15.0 Å². The van der Waals surface area contributed by atoms with Crippen LogP contribution in [0, 0.1) is 12.7 Å². The molecule has 0 amide bonds. The summed E-state index contributed by atoms with van der Waals surface area (Å²) in [7, 11) is 5.32. The van der Waals surface area contributed by atoms with E-state index in [-0.39, 0.29) is 5.56 Å². The first-order valence-electron chi connectivity index (χ1n) is 10.5. The Morgan fingerprint density at radius 1 is 1.15 bits per heavy atom. The van der Waals surface area contributed by atoms with Crippen LogP contribution in [-0.4, -0.2) is 41.9 Å². The van der Waals surface area contributed by atoms with Gasteiger partial charge >= 0.3 is 5.92 Å². The minimum atomic E-state index is -3.78. The van der Waals surface area contributed by atoms with Crippen LogP contribution in [-0.2, 0) is 5.92 Å². The molecule has 0 saturated carbocycles. The lowest BCUT2D eigenvalue weighted by molar-refractivity contribution is -0.170. The number of nitrogens with one attached hydrogen (secondary N) is 1. The number of aliphatic hydroxyl groups is 1. The van der Waals surface area contributed by atoms with Crippen molar-refractivity contribution in [3.05, 3.63) is 53.1 Å². The molecule has 0 bridgehead atoms. The Balaban J connectivity index is 2.08. The predicted octanol–water partition coefficient (Wildman–Crippen LogP) is 5.19. The van der Waals surface area contributed by atoms with E-state index in [1.165, 1.54) is 12.1 Å². The molecule has 0 aliphatic rings. The van der Waals surface area contributed by atoms with Gasteiger partial charge in [0.25, 0.3) is 0 Å². The van der Waals surface area contributed by atoms with Crippen LogP contribution in [0.5, 0.6) is 5.75 Å². The number of methoxy groups -OCH3 is 1. The second-order valence-corrected chi connectivity index (χ2v) is 8.76. The van der Waals surface area contributed by atoms with E-state index in [2.05, 4.69) is 15.3 Å². The Bertz CT molecular complexity index is 1180. The van der Waals surface area contributed by atoms with Gasteiger partial charge in [-0.25, -0.2) is 14.4 Å². The summed E-state index contributed by atoms with van der Waals surface area (Å²) in [4.78, 5) is 10.8. The van der Waals surface area contributed by atoms with E-state index in [0.717, 1.165) is 25.6 Å². The number of aryl methyl sites for hydroxylation is 1. The van der Waals surface area contributed by atoms with Gasteiger partial charge in [0.15, 0.2) is 0 Å². The number of aromatic nitrogens is 2. The molecule has 1 heterocycles.